The molecular formula is C15H12F13NO3S. The first-order valence-electron chi connectivity index (χ1n) is 8.00. The summed E-state index contributed by atoms with van der Waals surface area (Å²) in [6.45, 7) is 0.177. The molecule has 18 heteroatoms. The fourth-order valence-corrected chi connectivity index (χ4v) is 3.02. The van der Waals surface area contributed by atoms with E-state index in [0.29, 0.717) is 17.7 Å². The van der Waals surface area contributed by atoms with E-state index in [1.165, 1.54) is 0 Å². The molecule has 0 atom stereocenters. The first-order valence-corrected chi connectivity index (χ1v) is 9.41. The van der Waals surface area contributed by atoms with Gasteiger partial charge in [0.05, 0.1) is 0 Å². The minimum absolute atomic E-state index is 0.177. The highest BCUT2D eigenvalue weighted by atomic mass is 32.2. The van der Waals surface area contributed by atoms with Crippen molar-refractivity contribution in [3.05, 3.63) is 29.8 Å². The maximum Gasteiger partial charge on any atom is 0.460 e. The number of halogens is 13. The molecule has 192 valence electrons. The minimum atomic E-state index is -8.24. The van der Waals surface area contributed by atoms with Crippen LogP contribution >= 0.6 is 0 Å². The van der Waals surface area contributed by atoms with E-state index < -0.39 is 51.0 Å². The normalized spacial score (nSPS) is 15.2. The summed E-state index contributed by atoms with van der Waals surface area (Å²) in [5.74, 6) is -33.6. The van der Waals surface area contributed by atoms with Crippen LogP contribution in [0, 0.1) is 0 Å². The van der Waals surface area contributed by atoms with E-state index >= 15 is 0 Å². The molecular weight excluding hydrogens is 521 g/mol. The van der Waals surface area contributed by atoms with Gasteiger partial charge >= 0.3 is 45.2 Å². The van der Waals surface area contributed by atoms with E-state index in [4.69, 9.17) is 0 Å². The molecule has 1 rings (SSSR count). The third-order valence-corrected chi connectivity index (χ3v) is 5.14. The van der Waals surface area contributed by atoms with Gasteiger partial charge in [0, 0.05) is 6.54 Å². The van der Waals surface area contributed by atoms with E-state index in [-0.39, 0.29) is 6.54 Å². The Bertz CT molecular complexity index is 941. The Hall–Kier alpha value is -1.98. The van der Waals surface area contributed by atoms with Gasteiger partial charge in [-0.05, 0) is 31.8 Å². The van der Waals surface area contributed by atoms with Crippen LogP contribution in [0.25, 0.3) is 0 Å². The molecule has 4 nitrogen and oxygen atoms in total. The highest BCUT2D eigenvalue weighted by Crippen LogP contribution is 2.61. The maximum atomic E-state index is 13.8. The van der Waals surface area contributed by atoms with E-state index in [1.807, 2.05) is 0 Å². The van der Waals surface area contributed by atoms with Crippen molar-refractivity contribution in [2.75, 3.05) is 14.1 Å². The second kappa shape index (κ2) is 8.35. The van der Waals surface area contributed by atoms with Gasteiger partial charge in [0.2, 0.25) is 0 Å². The lowest BCUT2D eigenvalue weighted by molar-refractivity contribution is -0.433. The zero-order valence-corrected chi connectivity index (χ0v) is 16.8. The van der Waals surface area contributed by atoms with Crippen molar-refractivity contribution < 1.29 is 69.7 Å². The molecule has 0 amide bonds. The van der Waals surface area contributed by atoms with Gasteiger partial charge in [-0.1, -0.05) is 12.1 Å². The van der Waals surface area contributed by atoms with Crippen LogP contribution in [0.15, 0.2) is 24.3 Å². The zero-order chi connectivity index (χ0) is 26.5. The topological polar surface area (TPSA) is 46.6 Å². The Morgan fingerprint density at radius 3 is 1.45 bits per heavy atom. The number of rotatable bonds is 9. The number of benzene rings is 1. The summed E-state index contributed by atoms with van der Waals surface area (Å²) in [5, 5.41) is -7.41. The summed E-state index contributed by atoms with van der Waals surface area (Å²) in [5.41, 5.74) is 0.363. The molecule has 0 aliphatic carbocycles. The maximum absolute atomic E-state index is 13.8. The lowest BCUT2D eigenvalue weighted by atomic mass is 9.98. The predicted octanol–water partition coefficient (Wildman–Crippen LogP) is 5.15. The average Bonchev–Trinajstić information content (AvgIpc) is 2.60. The predicted molar refractivity (Wildman–Crippen MR) is 84.2 cm³/mol. The molecule has 0 aliphatic rings. The summed E-state index contributed by atoms with van der Waals surface area (Å²) >= 11 is 0. The first kappa shape index (κ1) is 29.1. The Morgan fingerprint density at radius 1 is 0.697 bits per heavy atom. The van der Waals surface area contributed by atoms with Gasteiger partial charge in [-0.3, -0.25) is 0 Å². The monoisotopic (exact) mass is 533 g/mol. The molecule has 0 unspecified atom stereocenters. The van der Waals surface area contributed by atoms with E-state index in [9.17, 15) is 65.5 Å². The quantitative estimate of drug-likeness (QED) is 0.326. The molecule has 0 bridgehead atoms. The lowest BCUT2D eigenvalue weighted by Crippen LogP contribution is -2.71. The van der Waals surface area contributed by atoms with Crippen molar-refractivity contribution >= 4 is 10.1 Å². The second-order valence-corrected chi connectivity index (χ2v) is 8.32. The number of hydrogen-bond acceptors (Lipinski definition) is 4. The molecule has 0 fully saturated rings. The van der Waals surface area contributed by atoms with E-state index in [0.717, 1.165) is 12.1 Å². The smallest absolute Gasteiger partial charge is 0.378 e. The van der Waals surface area contributed by atoms with Crippen LogP contribution in [0.5, 0.6) is 5.75 Å². The van der Waals surface area contributed by atoms with Crippen LogP contribution in [0.2, 0.25) is 0 Å². The SMILES string of the molecule is CN(C)Cc1ccc(OS(=O)(=O)C(F)(F)C(F)(F)C(F)(F)C(F)(F)C(F)(F)C(F)(F)F)cc1. The van der Waals surface area contributed by atoms with Crippen LogP contribution in [0.4, 0.5) is 57.1 Å². The van der Waals surface area contributed by atoms with E-state index in [1.54, 1.807) is 19.0 Å². The third kappa shape index (κ3) is 4.67. The van der Waals surface area contributed by atoms with Gasteiger partial charge in [0.1, 0.15) is 5.75 Å². The van der Waals surface area contributed by atoms with Crippen molar-refractivity contribution in [1.82, 2.24) is 4.90 Å². The van der Waals surface area contributed by atoms with Gasteiger partial charge in [-0.25, -0.2) is 0 Å². The van der Waals surface area contributed by atoms with Crippen molar-refractivity contribution in [2.24, 2.45) is 0 Å². The van der Waals surface area contributed by atoms with Crippen molar-refractivity contribution in [1.29, 1.82) is 0 Å². The van der Waals surface area contributed by atoms with E-state index in [2.05, 4.69) is 4.18 Å². The summed E-state index contributed by atoms with van der Waals surface area (Å²) < 4.78 is 196. The van der Waals surface area contributed by atoms with Crippen LogP contribution in [0.3, 0.4) is 0 Å². The number of alkyl halides is 13. The van der Waals surface area contributed by atoms with Crippen LogP contribution in [-0.2, 0) is 16.7 Å². The van der Waals surface area contributed by atoms with Crippen LogP contribution in [-0.4, -0.2) is 62.5 Å². The average molecular weight is 533 g/mol. The molecule has 0 N–H and O–H groups in total. The van der Waals surface area contributed by atoms with Crippen molar-refractivity contribution in [2.45, 2.75) is 41.7 Å². The molecule has 0 saturated heterocycles. The molecule has 0 radical (unpaired) electrons. The molecule has 1 aromatic rings. The van der Waals surface area contributed by atoms with Crippen molar-refractivity contribution in [3.8, 4) is 5.75 Å². The van der Waals surface area contributed by atoms with Gasteiger partial charge in [0.15, 0.2) is 0 Å². The highest BCUT2D eigenvalue weighted by molar-refractivity contribution is 7.88. The molecule has 0 saturated carbocycles. The largest absolute Gasteiger partial charge is 0.460 e. The van der Waals surface area contributed by atoms with Gasteiger partial charge in [-0.15, -0.1) is 0 Å². The second-order valence-electron chi connectivity index (χ2n) is 6.73. The number of nitrogens with zero attached hydrogens (tertiary/aromatic N) is 1. The molecule has 1 aromatic carbocycles. The van der Waals surface area contributed by atoms with Gasteiger partial charge < -0.3 is 9.08 Å². The Labute approximate surface area is 177 Å². The summed E-state index contributed by atoms with van der Waals surface area (Å²) in [7, 11) is -4.23. The molecule has 0 spiro atoms. The molecule has 0 heterocycles. The molecule has 0 aromatic heterocycles. The minimum Gasteiger partial charge on any atom is -0.378 e. The number of hydrogen-bond donors (Lipinski definition) is 0. The van der Waals surface area contributed by atoms with Gasteiger partial charge in [0.25, 0.3) is 0 Å². The van der Waals surface area contributed by atoms with Crippen molar-refractivity contribution in [3.63, 3.8) is 0 Å². The standard InChI is InChI=1S/C15H12F13NO3S/c1-29(2)7-8-3-5-9(6-4-8)32-33(30,31)15(27,28)13(22,23)11(18,19)10(16,17)12(20,21)14(24,25)26/h3-6H,7H2,1-2H3. The first-order chi connectivity index (χ1) is 14.4. The summed E-state index contributed by atoms with van der Waals surface area (Å²) in [6, 6.07) is 3.12. The van der Waals surface area contributed by atoms with Crippen LogP contribution < -0.4 is 4.18 Å². The Balaban J connectivity index is 3.43. The Morgan fingerprint density at radius 2 is 1.09 bits per heavy atom. The fourth-order valence-electron chi connectivity index (χ4n) is 2.11. The molecule has 0 aliphatic heterocycles. The van der Waals surface area contributed by atoms with Crippen LogP contribution in [0.1, 0.15) is 5.56 Å². The lowest BCUT2D eigenvalue weighted by Gasteiger charge is -2.38. The highest BCUT2D eigenvalue weighted by Gasteiger charge is 2.93. The van der Waals surface area contributed by atoms with Gasteiger partial charge in [-0.2, -0.15) is 65.5 Å². The Kier molecular flexibility index (Phi) is 7.35. The zero-order valence-electron chi connectivity index (χ0n) is 16.0. The third-order valence-electron chi connectivity index (χ3n) is 3.85. The fraction of sp³-hybridized carbons (Fsp3) is 0.600. The summed E-state index contributed by atoms with van der Waals surface area (Å²) in [4.78, 5) is 1.56. The summed E-state index contributed by atoms with van der Waals surface area (Å²) in [6.07, 6.45) is -7.60. The molecule has 33 heavy (non-hydrogen) atoms.